The molecule has 0 bridgehead atoms. The van der Waals surface area contributed by atoms with Crippen LogP contribution in [0.15, 0.2) is 36.0 Å². The Labute approximate surface area is 152 Å². The third-order valence-electron chi connectivity index (χ3n) is 3.65. The minimum absolute atomic E-state index is 0.0150. The van der Waals surface area contributed by atoms with Crippen LogP contribution in [0, 0.1) is 6.92 Å². The van der Waals surface area contributed by atoms with E-state index >= 15 is 0 Å². The third-order valence-corrected chi connectivity index (χ3v) is 4.40. The first-order chi connectivity index (χ1) is 12.6. The number of hydrogen-bond acceptors (Lipinski definition) is 7. The fraction of sp³-hybridized carbons (Fsp3) is 0.118. The molecule has 0 unspecified atom stereocenters. The first-order valence-corrected chi connectivity index (χ1v) is 8.59. The highest BCUT2D eigenvalue weighted by atomic mass is 32.1. The van der Waals surface area contributed by atoms with E-state index in [1.165, 1.54) is 23.7 Å². The van der Waals surface area contributed by atoms with Crippen molar-refractivity contribution in [2.45, 2.75) is 6.92 Å². The van der Waals surface area contributed by atoms with E-state index in [-0.39, 0.29) is 24.1 Å². The van der Waals surface area contributed by atoms with E-state index in [4.69, 9.17) is 4.74 Å². The predicted molar refractivity (Wildman–Crippen MR) is 96.4 cm³/mol. The Morgan fingerprint density at radius 3 is 3.00 bits per heavy atom. The van der Waals surface area contributed by atoms with Crippen molar-refractivity contribution < 1.29 is 14.3 Å². The second-order valence-electron chi connectivity index (χ2n) is 5.58. The molecule has 2 aromatic heterocycles. The number of ether oxygens (including phenoxy) is 1. The van der Waals surface area contributed by atoms with Gasteiger partial charge in [-0.15, -0.1) is 11.3 Å². The number of carbonyl (C=O) groups is 2. The molecule has 8 nitrogen and oxygen atoms in total. The molecule has 1 aliphatic rings. The lowest BCUT2D eigenvalue weighted by Gasteiger charge is -2.18. The van der Waals surface area contributed by atoms with Crippen LogP contribution >= 0.6 is 11.3 Å². The molecule has 1 aromatic carbocycles. The van der Waals surface area contributed by atoms with Gasteiger partial charge >= 0.3 is 0 Å². The standard InChI is InChI=1S/C17H13N5O3S/c1-9-5-19-12(6-18-9)16(24)22-17-21-13(8-26-17)10-2-3-14-11(4-10)20-15(23)7-25-14/h2-6,8H,7H2,1H3,(H,20,23)(H,21,22,24). The molecule has 9 heteroatoms. The van der Waals surface area contributed by atoms with Gasteiger partial charge < -0.3 is 10.1 Å². The maximum absolute atomic E-state index is 12.2. The van der Waals surface area contributed by atoms with Crippen LogP contribution in [0.3, 0.4) is 0 Å². The molecule has 0 aliphatic carbocycles. The molecule has 130 valence electrons. The van der Waals surface area contributed by atoms with E-state index < -0.39 is 0 Å². The minimum atomic E-state index is -0.371. The lowest BCUT2D eigenvalue weighted by molar-refractivity contribution is -0.118. The summed E-state index contributed by atoms with van der Waals surface area (Å²) in [5.41, 5.74) is 3.05. The molecule has 0 atom stereocenters. The number of aryl methyl sites for hydroxylation is 1. The highest BCUT2D eigenvalue weighted by molar-refractivity contribution is 7.14. The van der Waals surface area contributed by atoms with Crippen molar-refractivity contribution in [2.75, 3.05) is 17.2 Å². The van der Waals surface area contributed by atoms with Crippen molar-refractivity contribution >= 4 is 34.0 Å². The zero-order valence-electron chi connectivity index (χ0n) is 13.6. The number of benzene rings is 1. The smallest absolute Gasteiger partial charge is 0.277 e. The zero-order chi connectivity index (χ0) is 18.1. The van der Waals surface area contributed by atoms with Gasteiger partial charge in [-0.3, -0.25) is 19.9 Å². The summed E-state index contributed by atoms with van der Waals surface area (Å²) in [7, 11) is 0. The Morgan fingerprint density at radius 2 is 2.19 bits per heavy atom. The summed E-state index contributed by atoms with van der Waals surface area (Å²) in [5, 5.41) is 7.74. The monoisotopic (exact) mass is 367 g/mol. The van der Waals surface area contributed by atoms with Crippen molar-refractivity contribution in [1.82, 2.24) is 15.0 Å². The lowest BCUT2D eigenvalue weighted by Crippen LogP contribution is -2.25. The van der Waals surface area contributed by atoms with Crippen LogP contribution in [-0.4, -0.2) is 33.4 Å². The largest absolute Gasteiger partial charge is 0.482 e. The summed E-state index contributed by atoms with van der Waals surface area (Å²) >= 11 is 1.30. The van der Waals surface area contributed by atoms with Crippen LogP contribution < -0.4 is 15.4 Å². The molecular formula is C17H13N5O3S. The number of nitrogens with one attached hydrogen (secondary N) is 2. The van der Waals surface area contributed by atoms with Gasteiger partial charge in [-0.05, 0) is 25.1 Å². The van der Waals surface area contributed by atoms with E-state index in [0.717, 1.165) is 11.3 Å². The normalized spacial score (nSPS) is 12.7. The van der Waals surface area contributed by atoms with Crippen LogP contribution in [-0.2, 0) is 4.79 Å². The van der Waals surface area contributed by atoms with Crippen LogP contribution in [0.2, 0.25) is 0 Å². The Hall–Kier alpha value is -3.33. The summed E-state index contributed by atoms with van der Waals surface area (Å²) in [4.78, 5) is 36.1. The van der Waals surface area contributed by atoms with E-state index in [2.05, 4.69) is 25.6 Å². The summed E-state index contributed by atoms with van der Waals surface area (Å²) in [6.45, 7) is 1.81. The van der Waals surface area contributed by atoms with Crippen LogP contribution in [0.4, 0.5) is 10.8 Å². The first-order valence-electron chi connectivity index (χ1n) is 7.71. The van der Waals surface area contributed by atoms with Crippen molar-refractivity contribution in [1.29, 1.82) is 0 Å². The second-order valence-corrected chi connectivity index (χ2v) is 6.44. The zero-order valence-corrected chi connectivity index (χ0v) is 14.5. The van der Waals surface area contributed by atoms with Gasteiger partial charge in [-0.25, -0.2) is 9.97 Å². The number of hydrogen-bond donors (Lipinski definition) is 2. The highest BCUT2D eigenvalue weighted by Crippen LogP contribution is 2.33. The fourth-order valence-electron chi connectivity index (χ4n) is 2.38. The summed E-state index contributed by atoms with van der Waals surface area (Å²) in [6.07, 6.45) is 2.96. The average molecular weight is 367 g/mol. The summed E-state index contributed by atoms with van der Waals surface area (Å²) < 4.78 is 5.34. The van der Waals surface area contributed by atoms with Crippen LogP contribution in [0.5, 0.6) is 5.75 Å². The molecule has 0 saturated carbocycles. The van der Waals surface area contributed by atoms with E-state index in [0.29, 0.717) is 22.3 Å². The topological polar surface area (TPSA) is 106 Å². The number of carbonyl (C=O) groups excluding carboxylic acids is 2. The van der Waals surface area contributed by atoms with Gasteiger partial charge in [-0.2, -0.15) is 0 Å². The minimum Gasteiger partial charge on any atom is -0.482 e. The number of rotatable bonds is 3. The second kappa shape index (κ2) is 6.52. The summed E-state index contributed by atoms with van der Waals surface area (Å²) in [5.74, 6) is 0.0552. The Bertz CT molecular complexity index is 1000. The van der Waals surface area contributed by atoms with Crippen molar-refractivity contribution in [2.24, 2.45) is 0 Å². The molecular weight excluding hydrogens is 354 g/mol. The number of fused-ring (bicyclic) bond motifs is 1. The first kappa shape index (κ1) is 16.2. The van der Waals surface area contributed by atoms with Gasteiger partial charge in [-0.1, -0.05) is 0 Å². The highest BCUT2D eigenvalue weighted by Gasteiger charge is 2.17. The molecule has 4 rings (SSSR count). The summed E-state index contributed by atoms with van der Waals surface area (Å²) in [6, 6.07) is 5.42. The van der Waals surface area contributed by atoms with Crippen molar-refractivity contribution in [3.05, 3.63) is 47.4 Å². The molecule has 0 radical (unpaired) electrons. The van der Waals surface area contributed by atoms with E-state index in [9.17, 15) is 9.59 Å². The Kier molecular flexibility index (Phi) is 4.05. The number of amides is 2. The van der Waals surface area contributed by atoms with Crippen LogP contribution in [0.25, 0.3) is 11.3 Å². The third kappa shape index (κ3) is 3.24. The lowest BCUT2D eigenvalue weighted by atomic mass is 10.1. The van der Waals surface area contributed by atoms with Gasteiger partial charge in [0, 0.05) is 17.1 Å². The van der Waals surface area contributed by atoms with Gasteiger partial charge in [0.05, 0.1) is 23.3 Å². The number of thiazole rings is 1. The van der Waals surface area contributed by atoms with Gasteiger partial charge in [0.15, 0.2) is 11.7 Å². The Morgan fingerprint density at radius 1 is 1.31 bits per heavy atom. The van der Waals surface area contributed by atoms with Gasteiger partial charge in [0.1, 0.15) is 11.4 Å². The number of nitrogens with zero attached hydrogens (tertiary/aromatic N) is 3. The van der Waals surface area contributed by atoms with Crippen molar-refractivity contribution in [3.63, 3.8) is 0 Å². The molecule has 3 aromatic rings. The molecule has 3 heterocycles. The molecule has 0 spiro atoms. The Balaban J connectivity index is 1.53. The van der Waals surface area contributed by atoms with Gasteiger partial charge in [0.2, 0.25) is 0 Å². The molecule has 0 saturated heterocycles. The average Bonchev–Trinajstić information content (AvgIpc) is 3.10. The maximum atomic E-state index is 12.2. The van der Waals surface area contributed by atoms with Gasteiger partial charge in [0.25, 0.3) is 11.8 Å². The SMILES string of the molecule is Cc1cnc(C(=O)Nc2nc(-c3ccc4c(c3)NC(=O)CO4)cs2)cn1. The fourth-order valence-corrected chi connectivity index (χ4v) is 3.09. The molecule has 2 amide bonds. The van der Waals surface area contributed by atoms with Crippen LogP contribution in [0.1, 0.15) is 16.2 Å². The van der Waals surface area contributed by atoms with E-state index in [1.54, 1.807) is 19.1 Å². The van der Waals surface area contributed by atoms with Crippen molar-refractivity contribution in [3.8, 4) is 17.0 Å². The quantitative estimate of drug-likeness (QED) is 0.737. The molecule has 2 N–H and O–H groups in total. The predicted octanol–water partition coefficient (Wildman–Crippen LogP) is 2.49. The molecule has 0 fully saturated rings. The number of aromatic nitrogens is 3. The molecule has 1 aliphatic heterocycles. The molecule has 26 heavy (non-hydrogen) atoms. The van der Waals surface area contributed by atoms with E-state index in [1.807, 2.05) is 11.4 Å². The maximum Gasteiger partial charge on any atom is 0.277 e. The number of anilines is 2.